The van der Waals surface area contributed by atoms with E-state index in [1.807, 2.05) is 0 Å². The molecule has 96 valence electrons. The molecule has 0 amide bonds. The molecule has 0 heterocycles. The summed E-state index contributed by atoms with van der Waals surface area (Å²) in [6, 6.07) is 5.25. The molecule has 0 unspecified atom stereocenters. The van der Waals surface area contributed by atoms with E-state index in [1.54, 1.807) is 37.1 Å². The molecule has 0 aliphatic rings. The summed E-state index contributed by atoms with van der Waals surface area (Å²) in [5.74, 6) is 0.159. The predicted octanol–water partition coefficient (Wildman–Crippen LogP) is 3.08. The third kappa shape index (κ3) is 4.65. The molecule has 1 aromatic rings. The normalized spacial score (nSPS) is 12.1. The monoisotopic (exact) mass is 247 g/mol. The minimum Gasteiger partial charge on any atom is -0.507 e. The van der Waals surface area contributed by atoms with Gasteiger partial charge < -0.3 is 10.0 Å². The average Bonchev–Trinajstić information content (AvgIpc) is 2.21. The molecule has 1 rings (SSSR count). The van der Waals surface area contributed by atoms with Crippen molar-refractivity contribution in [2.75, 3.05) is 13.6 Å². The van der Waals surface area contributed by atoms with Gasteiger partial charge in [-0.2, -0.15) is 13.2 Å². The molecule has 1 N–H and O–H groups in total. The highest BCUT2D eigenvalue weighted by Crippen LogP contribution is 2.24. The second kappa shape index (κ2) is 5.40. The number of hydrogen-bond donors (Lipinski definition) is 1. The highest BCUT2D eigenvalue weighted by Gasteiger charge is 2.27. The first kappa shape index (κ1) is 13.8. The molecule has 0 atom stereocenters. The van der Waals surface area contributed by atoms with Crippen molar-refractivity contribution in [3.8, 4) is 5.75 Å². The summed E-state index contributed by atoms with van der Waals surface area (Å²) in [5.41, 5.74) is 1.38. The zero-order chi connectivity index (χ0) is 13.1. The lowest BCUT2D eigenvalue weighted by molar-refractivity contribution is -0.137. The average molecular weight is 247 g/mol. The lowest BCUT2D eigenvalue weighted by Crippen LogP contribution is -2.24. The van der Waals surface area contributed by atoms with Gasteiger partial charge in [0.2, 0.25) is 0 Å². The van der Waals surface area contributed by atoms with Crippen molar-refractivity contribution in [3.63, 3.8) is 0 Å². The largest absolute Gasteiger partial charge is 0.507 e. The quantitative estimate of drug-likeness (QED) is 0.883. The molecule has 0 spiro atoms. The Morgan fingerprint density at radius 3 is 2.53 bits per heavy atom. The van der Waals surface area contributed by atoms with Crippen molar-refractivity contribution in [1.29, 1.82) is 0 Å². The molecule has 0 fully saturated rings. The topological polar surface area (TPSA) is 23.5 Å². The Labute approximate surface area is 98.7 Å². The Bertz CT molecular complexity index is 377. The van der Waals surface area contributed by atoms with Crippen molar-refractivity contribution in [3.05, 3.63) is 29.3 Å². The van der Waals surface area contributed by atoms with Crippen LogP contribution in [0.25, 0.3) is 0 Å². The molecule has 0 bridgehead atoms. The molecule has 0 aliphatic carbocycles. The fraction of sp³-hybridized carbons (Fsp3) is 0.500. The van der Waals surface area contributed by atoms with E-state index in [0.717, 1.165) is 5.56 Å². The maximum absolute atomic E-state index is 12.0. The fourth-order valence-electron chi connectivity index (χ4n) is 1.53. The number of nitrogens with zero attached hydrogens (tertiary/aromatic N) is 1. The number of benzene rings is 1. The van der Waals surface area contributed by atoms with Gasteiger partial charge in [0.25, 0.3) is 0 Å². The Morgan fingerprint density at radius 1 is 1.29 bits per heavy atom. The van der Waals surface area contributed by atoms with Crippen LogP contribution < -0.4 is 0 Å². The summed E-state index contributed by atoms with van der Waals surface area (Å²) in [4.78, 5) is 1.54. The Kier molecular flexibility index (Phi) is 4.40. The van der Waals surface area contributed by atoms with Gasteiger partial charge in [0.1, 0.15) is 5.75 Å². The summed E-state index contributed by atoms with van der Waals surface area (Å²) in [6.07, 6.45) is -4.97. The molecule has 0 radical (unpaired) electrons. The van der Waals surface area contributed by atoms with Crippen molar-refractivity contribution in [2.45, 2.75) is 26.1 Å². The summed E-state index contributed by atoms with van der Waals surface area (Å²) in [6.45, 7) is 2.00. The second-order valence-corrected chi connectivity index (χ2v) is 4.19. The fourth-order valence-corrected chi connectivity index (χ4v) is 1.53. The van der Waals surface area contributed by atoms with Crippen LogP contribution in [0.4, 0.5) is 13.2 Å². The van der Waals surface area contributed by atoms with E-state index in [4.69, 9.17) is 0 Å². The number of phenols is 1. The molecule has 0 aromatic heterocycles. The first-order valence-corrected chi connectivity index (χ1v) is 5.32. The molecule has 0 aliphatic heterocycles. The molecular weight excluding hydrogens is 231 g/mol. The minimum absolute atomic E-state index is 0.0725. The van der Waals surface area contributed by atoms with E-state index in [2.05, 4.69) is 0 Å². The maximum Gasteiger partial charge on any atom is 0.390 e. The smallest absolute Gasteiger partial charge is 0.390 e. The van der Waals surface area contributed by atoms with Crippen LogP contribution in [0.1, 0.15) is 17.5 Å². The number of aryl methyl sites for hydroxylation is 1. The summed E-state index contributed by atoms with van der Waals surface area (Å²) < 4.78 is 36.1. The zero-order valence-corrected chi connectivity index (χ0v) is 9.88. The molecule has 0 saturated carbocycles. The van der Waals surface area contributed by atoms with Gasteiger partial charge in [0, 0.05) is 18.7 Å². The minimum atomic E-state index is -4.14. The van der Waals surface area contributed by atoms with Crippen LogP contribution in [-0.2, 0) is 6.54 Å². The number of hydrogen-bond acceptors (Lipinski definition) is 2. The Morgan fingerprint density at radius 2 is 1.94 bits per heavy atom. The molecule has 1 aromatic carbocycles. The zero-order valence-electron chi connectivity index (χ0n) is 9.88. The molecule has 2 nitrogen and oxygen atoms in total. The van der Waals surface area contributed by atoms with Crippen molar-refractivity contribution >= 4 is 0 Å². The van der Waals surface area contributed by atoms with Gasteiger partial charge in [0.15, 0.2) is 0 Å². The van der Waals surface area contributed by atoms with E-state index >= 15 is 0 Å². The van der Waals surface area contributed by atoms with Gasteiger partial charge in [-0.1, -0.05) is 18.2 Å². The van der Waals surface area contributed by atoms with Crippen molar-refractivity contribution < 1.29 is 18.3 Å². The third-order valence-corrected chi connectivity index (χ3v) is 2.54. The first-order valence-electron chi connectivity index (χ1n) is 5.32. The Hall–Kier alpha value is -1.23. The molecule has 5 heteroatoms. The van der Waals surface area contributed by atoms with Crippen molar-refractivity contribution in [1.82, 2.24) is 4.90 Å². The van der Waals surface area contributed by atoms with Crippen LogP contribution in [0, 0.1) is 6.92 Å². The second-order valence-electron chi connectivity index (χ2n) is 4.19. The third-order valence-electron chi connectivity index (χ3n) is 2.54. The van der Waals surface area contributed by atoms with Crippen LogP contribution in [-0.4, -0.2) is 29.8 Å². The number of para-hydroxylation sites is 1. The van der Waals surface area contributed by atoms with Gasteiger partial charge in [-0.25, -0.2) is 0 Å². The van der Waals surface area contributed by atoms with E-state index in [0.29, 0.717) is 12.1 Å². The van der Waals surface area contributed by atoms with Gasteiger partial charge in [-0.3, -0.25) is 0 Å². The van der Waals surface area contributed by atoms with Crippen LogP contribution in [0.3, 0.4) is 0 Å². The van der Waals surface area contributed by atoms with Crippen LogP contribution in [0.15, 0.2) is 18.2 Å². The number of alkyl halides is 3. The van der Waals surface area contributed by atoms with Gasteiger partial charge in [-0.05, 0) is 19.5 Å². The molecule has 17 heavy (non-hydrogen) atoms. The highest BCUT2D eigenvalue weighted by molar-refractivity contribution is 5.39. The standard InChI is InChI=1S/C12H16F3NO/c1-9-4-3-5-10(11(9)17)8-16(2)7-6-12(13,14)15/h3-5,17H,6-8H2,1-2H3. The van der Waals surface area contributed by atoms with Gasteiger partial charge in [-0.15, -0.1) is 0 Å². The van der Waals surface area contributed by atoms with Gasteiger partial charge >= 0.3 is 6.18 Å². The number of halogens is 3. The maximum atomic E-state index is 12.0. The van der Waals surface area contributed by atoms with E-state index in [-0.39, 0.29) is 12.3 Å². The highest BCUT2D eigenvalue weighted by atomic mass is 19.4. The van der Waals surface area contributed by atoms with Crippen LogP contribution in [0.5, 0.6) is 5.75 Å². The predicted molar refractivity (Wildman–Crippen MR) is 59.8 cm³/mol. The summed E-state index contributed by atoms with van der Waals surface area (Å²) in [5, 5.41) is 9.73. The number of phenolic OH excluding ortho intramolecular Hbond substituents is 1. The van der Waals surface area contributed by atoms with Gasteiger partial charge in [0.05, 0.1) is 6.42 Å². The van der Waals surface area contributed by atoms with Crippen LogP contribution >= 0.6 is 0 Å². The van der Waals surface area contributed by atoms with E-state index in [1.165, 1.54) is 0 Å². The lowest BCUT2D eigenvalue weighted by atomic mass is 10.1. The lowest BCUT2D eigenvalue weighted by Gasteiger charge is -2.18. The Balaban J connectivity index is 2.56. The number of rotatable bonds is 4. The molecule has 0 saturated heterocycles. The van der Waals surface area contributed by atoms with E-state index in [9.17, 15) is 18.3 Å². The first-order chi connectivity index (χ1) is 7.79. The summed E-state index contributed by atoms with van der Waals surface area (Å²) >= 11 is 0. The van der Waals surface area contributed by atoms with E-state index < -0.39 is 12.6 Å². The SMILES string of the molecule is Cc1cccc(CN(C)CCC(F)(F)F)c1O. The summed E-state index contributed by atoms with van der Waals surface area (Å²) in [7, 11) is 1.60. The molecular formula is C12H16F3NO. The number of aromatic hydroxyl groups is 1. The van der Waals surface area contributed by atoms with Crippen LogP contribution in [0.2, 0.25) is 0 Å². The van der Waals surface area contributed by atoms with Crippen molar-refractivity contribution in [2.24, 2.45) is 0 Å².